The molecule has 0 aliphatic heterocycles. The first kappa shape index (κ1) is 18.4. The van der Waals surface area contributed by atoms with Crippen LogP contribution in [0.15, 0.2) is 42.5 Å². The number of hydrogen-bond donors (Lipinski definition) is 2. The number of fused-ring (bicyclic) bond motifs is 1. The number of benzene rings is 2. The number of aliphatic hydroxyl groups is 1. The summed E-state index contributed by atoms with van der Waals surface area (Å²) < 4.78 is 0. The first-order valence-corrected chi connectivity index (χ1v) is 9.34. The van der Waals surface area contributed by atoms with Gasteiger partial charge in [-0.05, 0) is 30.4 Å². The van der Waals surface area contributed by atoms with Gasteiger partial charge >= 0.3 is 0 Å². The van der Waals surface area contributed by atoms with Crippen molar-refractivity contribution in [1.29, 1.82) is 0 Å². The van der Waals surface area contributed by atoms with Crippen molar-refractivity contribution >= 4 is 16.5 Å². The molecule has 0 fully saturated rings. The summed E-state index contributed by atoms with van der Waals surface area (Å²) in [6.07, 6.45) is 12.9. The van der Waals surface area contributed by atoms with Crippen LogP contribution in [-0.4, -0.2) is 10.2 Å². The molecular weight excluding hydrogens is 296 g/mol. The molecule has 0 heterocycles. The molecule has 0 spiro atoms. The summed E-state index contributed by atoms with van der Waals surface area (Å²) in [7, 11) is 0. The summed E-state index contributed by atoms with van der Waals surface area (Å²) in [6.45, 7) is 2.24. The molecule has 0 aliphatic rings. The molecule has 0 unspecified atom stereocenters. The van der Waals surface area contributed by atoms with Crippen LogP contribution in [0, 0.1) is 0 Å². The van der Waals surface area contributed by atoms with Crippen molar-refractivity contribution in [3.63, 3.8) is 0 Å². The third-order valence-electron chi connectivity index (χ3n) is 4.57. The van der Waals surface area contributed by atoms with Crippen LogP contribution in [0.1, 0.15) is 70.3 Å². The number of rotatable bonds is 10. The fourth-order valence-electron chi connectivity index (χ4n) is 3.09. The van der Waals surface area contributed by atoms with E-state index in [0.717, 1.165) is 23.6 Å². The average Bonchev–Trinajstić information content (AvgIpc) is 2.60. The Morgan fingerprint density at radius 2 is 1.54 bits per heavy atom. The third-order valence-corrected chi connectivity index (χ3v) is 4.57. The average molecular weight is 326 g/mol. The standard InChI is InChI=1S/C22H30O2/c1-2-3-4-5-6-7-8-9-10-15-21(23)20-17-16-18-13-11-12-14-19(18)22(20)24/h11-17,23-24H,2-10H2,1H3. The second-order valence-corrected chi connectivity index (χ2v) is 6.54. The van der Waals surface area contributed by atoms with Crippen LogP contribution >= 0.6 is 0 Å². The van der Waals surface area contributed by atoms with Gasteiger partial charge < -0.3 is 10.2 Å². The molecule has 2 aromatic carbocycles. The molecule has 2 heteroatoms. The van der Waals surface area contributed by atoms with Gasteiger partial charge in [-0.3, -0.25) is 0 Å². The van der Waals surface area contributed by atoms with Crippen molar-refractivity contribution in [2.24, 2.45) is 0 Å². The van der Waals surface area contributed by atoms with Crippen molar-refractivity contribution in [3.8, 4) is 5.75 Å². The molecule has 2 aromatic rings. The lowest BCUT2D eigenvalue weighted by Crippen LogP contribution is -1.87. The summed E-state index contributed by atoms with van der Waals surface area (Å²) in [5.41, 5.74) is 0.522. The Morgan fingerprint density at radius 3 is 2.29 bits per heavy atom. The van der Waals surface area contributed by atoms with Crippen LogP contribution in [0.3, 0.4) is 0 Å². The molecular formula is C22H30O2. The maximum Gasteiger partial charge on any atom is 0.134 e. The predicted octanol–water partition coefficient (Wildman–Crippen LogP) is 6.98. The summed E-state index contributed by atoms with van der Waals surface area (Å²) in [5.74, 6) is 0.346. The Hall–Kier alpha value is -1.96. The zero-order valence-electron chi connectivity index (χ0n) is 14.8. The molecule has 0 aliphatic carbocycles. The highest BCUT2D eigenvalue weighted by atomic mass is 16.3. The van der Waals surface area contributed by atoms with Crippen LogP contribution in [0.4, 0.5) is 0 Å². The quantitative estimate of drug-likeness (QED) is 0.365. The minimum atomic E-state index is 0.165. The van der Waals surface area contributed by atoms with Crippen molar-refractivity contribution < 1.29 is 10.2 Å². The molecule has 130 valence electrons. The van der Waals surface area contributed by atoms with E-state index in [4.69, 9.17) is 0 Å². The monoisotopic (exact) mass is 326 g/mol. The largest absolute Gasteiger partial charge is 0.508 e. The molecule has 2 N–H and O–H groups in total. The van der Waals surface area contributed by atoms with Crippen LogP contribution < -0.4 is 0 Å². The van der Waals surface area contributed by atoms with Gasteiger partial charge in [-0.15, -0.1) is 0 Å². The number of allylic oxidation sites excluding steroid dienone is 1. The second-order valence-electron chi connectivity index (χ2n) is 6.54. The molecule has 0 aromatic heterocycles. The zero-order valence-corrected chi connectivity index (χ0v) is 14.8. The van der Waals surface area contributed by atoms with E-state index in [2.05, 4.69) is 6.92 Å². The Kier molecular flexibility index (Phi) is 7.67. The molecule has 0 saturated carbocycles. The normalized spacial score (nSPS) is 12.0. The fourth-order valence-corrected chi connectivity index (χ4v) is 3.09. The highest BCUT2D eigenvalue weighted by Crippen LogP contribution is 2.32. The Morgan fingerprint density at radius 1 is 0.875 bits per heavy atom. The smallest absolute Gasteiger partial charge is 0.134 e. The molecule has 0 atom stereocenters. The Balaban J connectivity index is 1.80. The van der Waals surface area contributed by atoms with Crippen molar-refractivity contribution in [3.05, 3.63) is 48.0 Å². The molecule has 0 amide bonds. The summed E-state index contributed by atoms with van der Waals surface area (Å²) >= 11 is 0. The fraction of sp³-hybridized carbons (Fsp3) is 0.455. The van der Waals surface area contributed by atoms with Gasteiger partial charge in [0.25, 0.3) is 0 Å². The molecule has 24 heavy (non-hydrogen) atoms. The number of unbranched alkanes of at least 4 members (excludes halogenated alkanes) is 8. The molecule has 0 saturated heterocycles. The summed E-state index contributed by atoms with van der Waals surface area (Å²) in [4.78, 5) is 0. The lowest BCUT2D eigenvalue weighted by atomic mass is 10.0. The lowest BCUT2D eigenvalue weighted by Gasteiger charge is -2.07. The van der Waals surface area contributed by atoms with E-state index in [1.165, 1.54) is 44.9 Å². The van der Waals surface area contributed by atoms with Gasteiger partial charge in [0.05, 0.1) is 5.56 Å². The van der Waals surface area contributed by atoms with Crippen molar-refractivity contribution in [2.45, 2.75) is 64.7 Å². The van der Waals surface area contributed by atoms with Gasteiger partial charge in [-0.1, -0.05) is 82.2 Å². The molecule has 0 bridgehead atoms. The number of phenolic OH excluding ortho intramolecular Hbond substituents is 1. The number of aromatic hydroxyl groups is 1. The van der Waals surface area contributed by atoms with Gasteiger partial charge in [0.15, 0.2) is 0 Å². The molecule has 0 radical (unpaired) electrons. The predicted molar refractivity (Wildman–Crippen MR) is 103 cm³/mol. The van der Waals surface area contributed by atoms with Crippen molar-refractivity contribution in [1.82, 2.24) is 0 Å². The maximum absolute atomic E-state index is 10.4. The zero-order chi connectivity index (χ0) is 17.2. The molecule has 2 rings (SSSR count). The van der Waals surface area contributed by atoms with E-state index in [-0.39, 0.29) is 11.5 Å². The highest BCUT2D eigenvalue weighted by molar-refractivity contribution is 5.92. The van der Waals surface area contributed by atoms with Gasteiger partial charge in [0.1, 0.15) is 11.5 Å². The maximum atomic E-state index is 10.4. The first-order valence-electron chi connectivity index (χ1n) is 9.34. The van der Waals surface area contributed by atoms with Gasteiger partial charge in [0, 0.05) is 5.39 Å². The van der Waals surface area contributed by atoms with Crippen LogP contribution in [0.2, 0.25) is 0 Å². The lowest BCUT2D eigenvalue weighted by molar-refractivity contribution is 0.464. The van der Waals surface area contributed by atoms with Crippen molar-refractivity contribution in [2.75, 3.05) is 0 Å². The number of hydrogen-bond acceptors (Lipinski definition) is 2. The van der Waals surface area contributed by atoms with E-state index >= 15 is 0 Å². The highest BCUT2D eigenvalue weighted by Gasteiger charge is 2.09. The second kappa shape index (κ2) is 10.0. The molecule has 2 nitrogen and oxygen atoms in total. The van der Waals surface area contributed by atoms with Crippen LogP contribution in [0.5, 0.6) is 5.75 Å². The van der Waals surface area contributed by atoms with E-state index in [1.807, 2.05) is 36.4 Å². The topological polar surface area (TPSA) is 40.5 Å². The van der Waals surface area contributed by atoms with E-state index in [0.29, 0.717) is 5.56 Å². The third kappa shape index (κ3) is 5.30. The first-order chi connectivity index (χ1) is 11.7. The van der Waals surface area contributed by atoms with Crippen LogP contribution in [-0.2, 0) is 0 Å². The van der Waals surface area contributed by atoms with E-state index in [1.54, 1.807) is 6.07 Å². The number of phenols is 1. The Bertz CT molecular complexity index is 658. The van der Waals surface area contributed by atoms with E-state index < -0.39 is 0 Å². The van der Waals surface area contributed by atoms with Gasteiger partial charge in [0.2, 0.25) is 0 Å². The minimum Gasteiger partial charge on any atom is -0.508 e. The summed E-state index contributed by atoms with van der Waals surface area (Å²) in [6, 6.07) is 11.4. The van der Waals surface area contributed by atoms with Gasteiger partial charge in [-0.25, -0.2) is 0 Å². The Labute approximate surface area is 145 Å². The van der Waals surface area contributed by atoms with Gasteiger partial charge in [-0.2, -0.15) is 0 Å². The summed E-state index contributed by atoms with van der Waals surface area (Å²) in [5, 5.41) is 22.4. The van der Waals surface area contributed by atoms with E-state index in [9.17, 15) is 10.2 Å². The van der Waals surface area contributed by atoms with Crippen LogP contribution in [0.25, 0.3) is 16.5 Å². The SMILES string of the molecule is CCCCCCCCCCC=C(O)c1ccc2ccccc2c1O. The minimum absolute atomic E-state index is 0.165. The number of aliphatic hydroxyl groups excluding tert-OH is 1.